The molecule has 0 N–H and O–H groups in total. The third-order valence-corrected chi connectivity index (χ3v) is 3.25. The molecule has 1 aliphatic heterocycles. The molecule has 2 rings (SSSR count). The second-order valence-electron chi connectivity index (χ2n) is 3.82. The van der Waals surface area contributed by atoms with Crippen LogP contribution in [0.25, 0.3) is 0 Å². The second kappa shape index (κ2) is 5.73. The summed E-state index contributed by atoms with van der Waals surface area (Å²) in [5.74, 6) is 0. The van der Waals surface area contributed by atoms with Crippen molar-refractivity contribution in [2.24, 2.45) is 0 Å². The Labute approximate surface area is 106 Å². The van der Waals surface area contributed by atoms with E-state index in [1.165, 1.54) is 0 Å². The van der Waals surface area contributed by atoms with E-state index in [0.717, 1.165) is 48.3 Å². The van der Waals surface area contributed by atoms with E-state index in [0.29, 0.717) is 0 Å². The van der Waals surface area contributed by atoms with Crippen molar-refractivity contribution in [3.05, 3.63) is 34.9 Å². The maximum atomic E-state index is 5.84. The number of hydrogen-bond donors (Lipinski definition) is 0. The third-order valence-electron chi connectivity index (χ3n) is 2.64. The quantitative estimate of drug-likeness (QED) is 0.608. The van der Waals surface area contributed by atoms with Gasteiger partial charge in [0.1, 0.15) is 0 Å². The normalized spacial score (nSPS) is 17.3. The van der Waals surface area contributed by atoms with Crippen molar-refractivity contribution in [1.29, 1.82) is 0 Å². The summed E-state index contributed by atoms with van der Waals surface area (Å²) in [6.07, 6.45) is 0. The number of rotatable bonds is 3. The molecule has 1 fully saturated rings. The Kier molecular flexibility index (Phi) is 4.29. The molecule has 0 aliphatic carbocycles. The van der Waals surface area contributed by atoms with Crippen molar-refractivity contribution in [2.45, 2.75) is 0 Å². The Balaban J connectivity index is 1.94. The molecule has 0 aromatic heterocycles. The van der Waals surface area contributed by atoms with Gasteiger partial charge in [0.2, 0.25) is 0 Å². The van der Waals surface area contributed by atoms with Crippen LogP contribution in [0.5, 0.6) is 0 Å². The maximum absolute atomic E-state index is 5.84. The molecule has 1 aromatic carbocycles. The Morgan fingerprint density at radius 1 is 1.25 bits per heavy atom. The third kappa shape index (κ3) is 3.25. The number of thiocarbonyl (C=S) groups is 1. The summed E-state index contributed by atoms with van der Waals surface area (Å²) in [6, 6.07) is 7.71. The predicted molar refractivity (Wildman–Crippen MR) is 70.4 cm³/mol. The Morgan fingerprint density at radius 3 is 2.50 bits per heavy atom. The lowest BCUT2D eigenvalue weighted by atomic mass is 10.1. The lowest BCUT2D eigenvalue weighted by Gasteiger charge is -2.26. The predicted octanol–water partition coefficient (Wildman–Crippen LogP) is 2.39. The van der Waals surface area contributed by atoms with Gasteiger partial charge in [-0.25, -0.2) is 0 Å². The minimum Gasteiger partial charge on any atom is -0.379 e. The van der Waals surface area contributed by atoms with Gasteiger partial charge in [0.05, 0.1) is 13.2 Å². The van der Waals surface area contributed by atoms with Crippen molar-refractivity contribution >= 4 is 28.7 Å². The average molecular weight is 256 g/mol. The first-order valence-electron chi connectivity index (χ1n) is 5.34. The van der Waals surface area contributed by atoms with E-state index in [1.54, 1.807) is 0 Å². The standard InChI is InChI=1S/C12H14ClNOS/c13-11-3-1-10(2-4-11)12(16)9-14-5-7-15-8-6-14/h1-4H,5-9H2. The number of halogens is 1. The van der Waals surface area contributed by atoms with Gasteiger partial charge in [-0.05, 0) is 17.7 Å². The van der Waals surface area contributed by atoms with Gasteiger partial charge in [0.25, 0.3) is 0 Å². The zero-order valence-corrected chi connectivity index (χ0v) is 10.6. The van der Waals surface area contributed by atoms with Crippen molar-refractivity contribution in [1.82, 2.24) is 4.90 Å². The first-order valence-corrected chi connectivity index (χ1v) is 6.13. The van der Waals surface area contributed by atoms with Crippen molar-refractivity contribution in [3.8, 4) is 0 Å². The van der Waals surface area contributed by atoms with Gasteiger partial charge in [-0.2, -0.15) is 0 Å². The molecular formula is C12H14ClNOS. The molecule has 2 nitrogen and oxygen atoms in total. The summed E-state index contributed by atoms with van der Waals surface area (Å²) in [5, 5.41) is 0.748. The average Bonchev–Trinajstić information content (AvgIpc) is 2.31. The van der Waals surface area contributed by atoms with E-state index in [-0.39, 0.29) is 0 Å². The minimum absolute atomic E-state index is 0.748. The molecule has 0 atom stereocenters. The molecule has 1 aromatic rings. The fourth-order valence-electron chi connectivity index (χ4n) is 1.69. The van der Waals surface area contributed by atoms with E-state index in [9.17, 15) is 0 Å². The summed E-state index contributed by atoms with van der Waals surface area (Å²) < 4.78 is 5.30. The van der Waals surface area contributed by atoms with Gasteiger partial charge in [-0.1, -0.05) is 36.0 Å². The van der Waals surface area contributed by atoms with Crippen LogP contribution in [0.3, 0.4) is 0 Å². The molecule has 0 saturated carbocycles. The first kappa shape index (κ1) is 12.0. The molecule has 0 unspecified atom stereocenters. The molecular weight excluding hydrogens is 242 g/mol. The highest BCUT2D eigenvalue weighted by Gasteiger charge is 2.12. The molecule has 86 valence electrons. The topological polar surface area (TPSA) is 12.5 Å². The van der Waals surface area contributed by atoms with Crippen molar-refractivity contribution < 1.29 is 4.74 Å². The summed E-state index contributed by atoms with van der Waals surface area (Å²) >= 11 is 11.3. The molecule has 1 saturated heterocycles. The lowest BCUT2D eigenvalue weighted by Crippen LogP contribution is -2.39. The number of ether oxygens (including phenoxy) is 1. The largest absolute Gasteiger partial charge is 0.379 e. The van der Waals surface area contributed by atoms with Gasteiger partial charge < -0.3 is 4.74 Å². The Bertz CT molecular complexity index is 360. The summed E-state index contributed by atoms with van der Waals surface area (Å²) in [5.41, 5.74) is 1.09. The van der Waals surface area contributed by atoms with Crippen LogP contribution < -0.4 is 0 Å². The smallest absolute Gasteiger partial charge is 0.0594 e. The van der Waals surface area contributed by atoms with Crippen LogP contribution in [0.4, 0.5) is 0 Å². The van der Waals surface area contributed by atoms with Gasteiger partial charge >= 0.3 is 0 Å². The van der Waals surface area contributed by atoms with Gasteiger partial charge in [-0.3, -0.25) is 4.90 Å². The fraction of sp³-hybridized carbons (Fsp3) is 0.417. The molecule has 1 aliphatic rings. The van der Waals surface area contributed by atoms with Crippen LogP contribution in [-0.2, 0) is 4.74 Å². The van der Waals surface area contributed by atoms with Gasteiger partial charge in [0, 0.05) is 29.5 Å². The zero-order chi connectivity index (χ0) is 11.4. The number of benzene rings is 1. The molecule has 0 spiro atoms. The molecule has 0 radical (unpaired) electrons. The van der Waals surface area contributed by atoms with Crippen LogP contribution in [0.15, 0.2) is 24.3 Å². The lowest BCUT2D eigenvalue weighted by molar-refractivity contribution is 0.0455. The SMILES string of the molecule is S=C(CN1CCOCC1)c1ccc(Cl)cc1. The summed E-state index contributed by atoms with van der Waals surface area (Å²) in [6.45, 7) is 4.38. The highest BCUT2D eigenvalue weighted by molar-refractivity contribution is 7.80. The van der Waals surface area contributed by atoms with Crippen LogP contribution in [-0.4, -0.2) is 42.6 Å². The highest BCUT2D eigenvalue weighted by atomic mass is 35.5. The summed E-state index contributed by atoms with van der Waals surface area (Å²) in [4.78, 5) is 3.29. The molecule has 4 heteroatoms. The molecule has 0 amide bonds. The molecule has 16 heavy (non-hydrogen) atoms. The first-order chi connectivity index (χ1) is 7.75. The Hall–Kier alpha value is -0.480. The van der Waals surface area contributed by atoms with Gasteiger partial charge in [-0.15, -0.1) is 0 Å². The fourth-order valence-corrected chi connectivity index (χ4v) is 2.13. The molecule has 0 bridgehead atoms. The van der Waals surface area contributed by atoms with Crippen molar-refractivity contribution in [3.63, 3.8) is 0 Å². The van der Waals surface area contributed by atoms with Crippen LogP contribution in [0, 0.1) is 0 Å². The van der Waals surface area contributed by atoms with Crippen LogP contribution in [0.1, 0.15) is 5.56 Å². The number of morpholine rings is 1. The van der Waals surface area contributed by atoms with Crippen LogP contribution in [0.2, 0.25) is 5.02 Å². The van der Waals surface area contributed by atoms with E-state index < -0.39 is 0 Å². The zero-order valence-electron chi connectivity index (χ0n) is 8.99. The maximum Gasteiger partial charge on any atom is 0.0594 e. The number of hydrogen-bond acceptors (Lipinski definition) is 3. The van der Waals surface area contributed by atoms with E-state index in [4.69, 9.17) is 28.6 Å². The minimum atomic E-state index is 0.748. The highest BCUT2D eigenvalue weighted by Crippen LogP contribution is 2.11. The van der Waals surface area contributed by atoms with Crippen LogP contribution >= 0.6 is 23.8 Å². The number of nitrogens with zero attached hydrogens (tertiary/aromatic N) is 1. The summed E-state index contributed by atoms with van der Waals surface area (Å²) in [7, 11) is 0. The van der Waals surface area contributed by atoms with E-state index in [1.807, 2.05) is 24.3 Å². The second-order valence-corrected chi connectivity index (χ2v) is 4.75. The van der Waals surface area contributed by atoms with Crippen molar-refractivity contribution in [2.75, 3.05) is 32.8 Å². The van der Waals surface area contributed by atoms with E-state index in [2.05, 4.69) is 4.90 Å². The van der Waals surface area contributed by atoms with E-state index >= 15 is 0 Å². The Morgan fingerprint density at radius 2 is 1.88 bits per heavy atom. The molecule has 1 heterocycles. The van der Waals surface area contributed by atoms with Gasteiger partial charge in [0.15, 0.2) is 0 Å². The monoisotopic (exact) mass is 255 g/mol.